The van der Waals surface area contributed by atoms with Crippen molar-refractivity contribution in [2.45, 2.75) is 24.7 Å². The average Bonchev–Trinajstić information content (AvgIpc) is 2.42. The molecule has 0 saturated heterocycles. The number of rotatable bonds is 8. The van der Waals surface area contributed by atoms with E-state index in [1.54, 1.807) is 18.2 Å². The Hall–Kier alpha value is -1.56. The molecular weight excluding hydrogens is 281 g/mol. The van der Waals surface area contributed by atoms with Gasteiger partial charge in [-0.2, -0.15) is 0 Å². The molecule has 1 amide bonds. The Balaban J connectivity index is 2.24. The van der Waals surface area contributed by atoms with Crippen LogP contribution >= 0.6 is 11.8 Å². The summed E-state index contributed by atoms with van der Waals surface area (Å²) in [4.78, 5) is 22.5. The van der Waals surface area contributed by atoms with Gasteiger partial charge in [-0.25, -0.2) is 4.39 Å². The second-order valence-electron chi connectivity index (χ2n) is 4.56. The number of carboxylic acid groups (broad SMARTS) is 1. The Labute approximate surface area is 121 Å². The minimum absolute atomic E-state index is 0.0982. The van der Waals surface area contributed by atoms with E-state index in [4.69, 9.17) is 5.11 Å². The number of carbonyl (C=O) groups is 2. The van der Waals surface area contributed by atoms with Gasteiger partial charge in [-0.05, 0) is 24.5 Å². The summed E-state index contributed by atoms with van der Waals surface area (Å²) in [5.74, 6) is -1.10. The highest BCUT2D eigenvalue weighted by atomic mass is 32.2. The minimum atomic E-state index is -0.835. The lowest BCUT2D eigenvalue weighted by Crippen LogP contribution is -2.29. The zero-order chi connectivity index (χ0) is 15.0. The molecule has 0 aliphatic carbocycles. The third kappa shape index (κ3) is 6.56. The van der Waals surface area contributed by atoms with E-state index < -0.39 is 5.97 Å². The molecule has 1 aromatic rings. The molecule has 1 aromatic carbocycles. The Morgan fingerprint density at radius 1 is 1.40 bits per heavy atom. The summed E-state index contributed by atoms with van der Waals surface area (Å²) in [6.45, 7) is 2.32. The molecule has 1 atom stereocenters. The van der Waals surface area contributed by atoms with Gasteiger partial charge in [0.15, 0.2) is 0 Å². The van der Waals surface area contributed by atoms with Crippen LogP contribution in [0.15, 0.2) is 29.2 Å². The number of hydrogen-bond donors (Lipinski definition) is 2. The fourth-order valence-corrected chi connectivity index (χ4v) is 2.29. The Kier molecular flexibility index (Phi) is 7.08. The zero-order valence-corrected chi connectivity index (χ0v) is 12.1. The van der Waals surface area contributed by atoms with Crippen molar-refractivity contribution in [2.24, 2.45) is 5.92 Å². The van der Waals surface area contributed by atoms with E-state index in [2.05, 4.69) is 5.32 Å². The second kappa shape index (κ2) is 8.58. The molecule has 0 radical (unpaired) electrons. The molecule has 6 heteroatoms. The topological polar surface area (TPSA) is 66.4 Å². The molecule has 110 valence electrons. The molecule has 0 aromatic heterocycles. The predicted octanol–water partition coefficient (Wildman–Crippen LogP) is 2.53. The number of benzene rings is 1. The van der Waals surface area contributed by atoms with Crippen molar-refractivity contribution in [2.75, 3.05) is 12.3 Å². The standard InChI is InChI=1S/C14H18FNO3S/c1-10(6-7-14(18)19)8-16-13(17)9-20-12-5-3-2-4-11(12)15/h2-5,10H,6-9H2,1H3,(H,16,17)(H,18,19). The van der Waals surface area contributed by atoms with Gasteiger partial charge in [0.1, 0.15) is 5.82 Å². The molecule has 0 spiro atoms. The zero-order valence-electron chi connectivity index (χ0n) is 11.3. The normalized spacial score (nSPS) is 11.9. The van der Waals surface area contributed by atoms with Crippen molar-refractivity contribution in [3.05, 3.63) is 30.1 Å². The lowest BCUT2D eigenvalue weighted by Gasteiger charge is -2.11. The first-order chi connectivity index (χ1) is 9.49. The third-order valence-corrected chi connectivity index (χ3v) is 3.74. The minimum Gasteiger partial charge on any atom is -0.481 e. The highest BCUT2D eigenvalue weighted by Crippen LogP contribution is 2.20. The Morgan fingerprint density at radius 2 is 2.10 bits per heavy atom. The molecule has 1 rings (SSSR count). The quantitative estimate of drug-likeness (QED) is 0.724. The number of halogens is 1. The van der Waals surface area contributed by atoms with E-state index >= 15 is 0 Å². The summed E-state index contributed by atoms with van der Waals surface area (Å²) >= 11 is 1.14. The third-order valence-electron chi connectivity index (χ3n) is 2.69. The van der Waals surface area contributed by atoms with Crippen molar-refractivity contribution < 1.29 is 19.1 Å². The van der Waals surface area contributed by atoms with Gasteiger partial charge in [0, 0.05) is 17.9 Å². The van der Waals surface area contributed by atoms with E-state index in [-0.39, 0.29) is 29.8 Å². The summed E-state index contributed by atoms with van der Waals surface area (Å²) in [6, 6.07) is 6.30. The van der Waals surface area contributed by atoms with Gasteiger partial charge in [-0.1, -0.05) is 19.1 Å². The van der Waals surface area contributed by atoms with Crippen molar-refractivity contribution in [3.63, 3.8) is 0 Å². The SMILES string of the molecule is CC(CCC(=O)O)CNC(=O)CSc1ccccc1F. The van der Waals surface area contributed by atoms with Gasteiger partial charge < -0.3 is 10.4 Å². The van der Waals surface area contributed by atoms with Gasteiger partial charge >= 0.3 is 5.97 Å². The molecule has 0 saturated carbocycles. The van der Waals surface area contributed by atoms with E-state index in [0.29, 0.717) is 17.9 Å². The second-order valence-corrected chi connectivity index (χ2v) is 5.58. The van der Waals surface area contributed by atoms with E-state index in [1.807, 2.05) is 6.92 Å². The first-order valence-corrected chi connectivity index (χ1v) is 7.33. The van der Waals surface area contributed by atoms with Crippen LogP contribution < -0.4 is 5.32 Å². The number of aliphatic carboxylic acids is 1. The summed E-state index contributed by atoms with van der Waals surface area (Å²) in [5, 5.41) is 11.3. The average molecular weight is 299 g/mol. The number of carboxylic acids is 1. The molecule has 1 unspecified atom stereocenters. The van der Waals surface area contributed by atoms with Crippen LogP contribution in [-0.4, -0.2) is 29.3 Å². The van der Waals surface area contributed by atoms with Gasteiger partial charge in [-0.15, -0.1) is 11.8 Å². The highest BCUT2D eigenvalue weighted by molar-refractivity contribution is 8.00. The van der Waals surface area contributed by atoms with Gasteiger partial charge in [0.2, 0.25) is 5.91 Å². The van der Waals surface area contributed by atoms with Crippen LogP contribution in [0.3, 0.4) is 0 Å². The van der Waals surface area contributed by atoms with E-state index in [0.717, 1.165) is 11.8 Å². The molecule has 0 fully saturated rings. The lowest BCUT2D eigenvalue weighted by atomic mass is 10.1. The lowest BCUT2D eigenvalue weighted by molar-refractivity contribution is -0.137. The molecule has 2 N–H and O–H groups in total. The maximum atomic E-state index is 13.3. The molecule has 0 heterocycles. The highest BCUT2D eigenvalue weighted by Gasteiger charge is 2.09. The number of carbonyl (C=O) groups excluding carboxylic acids is 1. The van der Waals surface area contributed by atoms with Crippen molar-refractivity contribution in [3.8, 4) is 0 Å². The van der Waals surface area contributed by atoms with Crippen LogP contribution in [0.1, 0.15) is 19.8 Å². The largest absolute Gasteiger partial charge is 0.481 e. The van der Waals surface area contributed by atoms with Crippen LogP contribution in [0.25, 0.3) is 0 Å². The first kappa shape index (κ1) is 16.5. The van der Waals surface area contributed by atoms with Crippen LogP contribution in [0.5, 0.6) is 0 Å². The van der Waals surface area contributed by atoms with Crippen LogP contribution in [0, 0.1) is 11.7 Å². The number of nitrogens with one attached hydrogen (secondary N) is 1. The fourth-order valence-electron chi connectivity index (χ4n) is 1.52. The molecule has 0 aliphatic heterocycles. The van der Waals surface area contributed by atoms with Crippen LogP contribution in [-0.2, 0) is 9.59 Å². The summed E-state index contributed by atoms with van der Waals surface area (Å²) in [6.07, 6.45) is 0.622. The first-order valence-electron chi connectivity index (χ1n) is 6.35. The predicted molar refractivity (Wildman–Crippen MR) is 76.2 cm³/mol. The fraction of sp³-hybridized carbons (Fsp3) is 0.429. The maximum absolute atomic E-state index is 13.3. The van der Waals surface area contributed by atoms with Crippen molar-refractivity contribution in [1.82, 2.24) is 5.32 Å². The summed E-state index contributed by atoms with van der Waals surface area (Å²) < 4.78 is 13.3. The van der Waals surface area contributed by atoms with Crippen molar-refractivity contribution >= 4 is 23.6 Å². The van der Waals surface area contributed by atoms with Crippen LogP contribution in [0.4, 0.5) is 4.39 Å². The van der Waals surface area contributed by atoms with Gasteiger partial charge in [-0.3, -0.25) is 9.59 Å². The van der Waals surface area contributed by atoms with E-state index in [1.165, 1.54) is 6.07 Å². The number of thioether (sulfide) groups is 1. The summed E-state index contributed by atoms with van der Waals surface area (Å²) in [7, 11) is 0. The molecular formula is C14H18FNO3S. The Morgan fingerprint density at radius 3 is 2.75 bits per heavy atom. The number of amides is 1. The van der Waals surface area contributed by atoms with Gasteiger partial charge in [0.05, 0.1) is 5.75 Å². The summed E-state index contributed by atoms with van der Waals surface area (Å²) in [5.41, 5.74) is 0. The molecule has 0 bridgehead atoms. The number of hydrogen-bond acceptors (Lipinski definition) is 3. The molecule has 0 aliphatic rings. The van der Waals surface area contributed by atoms with Crippen molar-refractivity contribution in [1.29, 1.82) is 0 Å². The van der Waals surface area contributed by atoms with Crippen LogP contribution in [0.2, 0.25) is 0 Å². The van der Waals surface area contributed by atoms with E-state index in [9.17, 15) is 14.0 Å². The van der Waals surface area contributed by atoms with Gasteiger partial charge in [0.25, 0.3) is 0 Å². The molecule has 20 heavy (non-hydrogen) atoms. The Bertz CT molecular complexity index is 467. The molecule has 4 nitrogen and oxygen atoms in total. The smallest absolute Gasteiger partial charge is 0.303 e. The maximum Gasteiger partial charge on any atom is 0.303 e. The monoisotopic (exact) mass is 299 g/mol.